The molecular formula is C7H6Br2. The van der Waals surface area contributed by atoms with Crippen LogP contribution >= 0.6 is 31.9 Å². The van der Waals surface area contributed by atoms with Crippen molar-refractivity contribution in [2.45, 2.75) is 15.1 Å². The first-order chi connectivity index (χ1) is 4.22. The van der Waals surface area contributed by atoms with Crippen molar-refractivity contribution < 1.29 is 0 Å². The van der Waals surface area contributed by atoms with Crippen LogP contribution in [-0.4, -0.2) is 8.65 Å². The van der Waals surface area contributed by atoms with E-state index < -0.39 is 0 Å². The molecule has 0 radical (unpaired) electrons. The van der Waals surface area contributed by atoms with E-state index >= 15 is 0 Å². The summed E-state index contributed by atoms with van der Waals surface area (Å²) in [4.78, 5) is 0. The number of hydrogen-bond donors (Lipinski definition) is 0. The maximum absolute atomic E-state index is 3.86. The normalized spacial score (nSPS) is 94.0. The van der Waals surface area contributed by atoms with Crippen molar-refractivity contribution in [1.82, 2.24) is 0 Å². The Morgan fingerprint density at radius 1 is 1.00 bits per heavy atom. The Morgan fingerprint density at radius 2 is 1.44 bits per heavy atom. The summed E-state index contributed by atoms with van der Waals surface area (Å²) in [5, 5.41) is 0. The molecule has 0 heterocycles. The first-order valence-electron chi connectivity index (χ1n) is 3.59. The van der Waals surface area contributed by atoms with Crippen LogP contribution in [0.3, 0.4) is 0 Å². The van der Waals surface area contributed by atoms with Gasteiger partial charge in [0, 0.05) is 8.65 Å². The SMILES string of the molecule is BrC12C3[C@H]1C[C@H]1C2C31Br. The number of alkyl halides is 2. The van der Waals surface area contributed by atoms with Crippen LogP contribution in [-0.2, 0) is 0 Å². The molecule has 48 valence electrons. The Hall–Kier alpha value is 0.960. The maximum Gasteiger partial charge on any atom is 0.0379 e. The van der Waals surface area contributed by atoms with Crippen molar-refractivity contribution in [3.05, 3.63) is 0 Å². The summed E-state index contributed by atoms with van der Waals surface area (Å²) >= 11 is 7.72. The smallest absolute Gasteiger partial charge is 0.0379 e. The second-order valence-corrected chi connectivity index (χ2v) is 6.81. The fraction of sp³-hybridized carbons (Fsp3) is 1.00. The molecule has 0 aliphatic heterocycles. The molecule has 5 rings (SSSR count). The Morgan fingerprint density at radius 3 is 1.56 bits per heavy atom. The predicted molar refractivity (Wildman–Crippen MR) is 41.9 cm³/mol. The van der Waals surface area contributed by atoms with Gasteiger partial charge in [-0.05, 0) is 30.1 Å². The average Bonchev–Trinajstić information content (AvgIpc) is 2.38. The monoisotopic (exact) mass is 248 g/mol. The van der Waals surface area contributed by atoms with E-state index in [1.807, 2.05) is 0 Å². The fourth-order valence-electron chi connectivity index (χ4n) is 3.85. The van der Waals surface area contributed by atoms with Crippen LogP contribution in [0.15, 0.2) is 0 Å². The van der Waals surface area contributed by atoms with Crippen molar-refractivity contribution in [3.63, 3.8) is 0 Å². The average molecular weight is 250 g/mol. The first kappa shape index (κ1) is 4.76. The summed E-state index contributed by atoms with van der Waals surface area (Å²) in [6.07, 6.45) is 1.52. The van der Waals surface area contributed by atoms with Crippen LogP contribution in [0.25, 0.3) is 0 Å². The van der Waals surface area contributed by atoms with Crippen LogP contribution < -0.4 is 0 Å². The Balaban J connectivity index is 2.07. The molecule has 2 bridgehead atoms. The van der Waals surface area contributed by atoms with E-state index in [4.69, 9.17) is 0 Å². The van der Waals surface area contributed by atoms with Gasteiger partial charge in [-0.3, -0.25) is 0 Å². The van der Waals surface area contributed by atoms with E-state index in [0.717, 1.165) is 23.7 Å². The highest BCUT2D eigenvalue weighted by Crippen LogP contribution is 3.01. The Bertz CT molecular complexity index is 203. The highest BCUT2D eigenvalue weighted by Gasteiger charge is 3.03. The molecule has 0 saturated heterocycles. The fourth-order valence-corrected chi connectivity index (χ4v) is 7.89. The summed E-state index contributed by atoms with van der Waals surface area (Å²) in [5.41, 5.74) is 0. The highest BCUT2D eigenvalue weighted by atomic mass is 79.9. The van der Waals surface area contributed by atoms with Gasteiger partial charge in [0.1, 0.15) is 0 Å². The van der Waals surface area contributed by atoms with Crippen LogP contribution in [0, 0.1) is 23.7 Å². The molecule has 5 fully saturated rings. The third-order valence-electron chi connectivity index (χ3n) is 4.14. The van der Waals surface area contributed by atoms with Gasteiger partial charge in [0.25, 0.3) is 0 Å². The topological polar surface area (TPSA) is 0 Å². The molecule has 0 nitrogen and oxygen atoms in total. The highest BCUT2D eigenvalue weighted by molar-refractivity contribution is 9.11. The largest absolute Gasteiger partial charge is 0.0843 e. The van der Waals surface area contributed by atoms with E-state index in [-0.39, 0.29) is 0 Å². The van der Waals surface area contributed by atoms with E-state index in [9.17, 15) is 0 Å². The zero-order valence-electron chi connectivity index (χ0n) is 4.77. The van der Waals surface area contributed by atoms with Crippen LogP contribution in [0.1, 0.15) is 6.42 Å². The summed E-state index contributed by atoms with van der Waals surface area (Å²) in [6, 6.07) is 0. The van der Waals surface area contributed by atoms with Gasteiger partial charge in [-0.15, -0.1) is 0 Å². The standard InChI is InChI=1S/C7H6Br2/c8-6-2-1-3-5(6)7(3,9)4(2)6/h2-5H,1H2/t2-,3+,4?,5?,6?,7?. The minimum Gasteiger partial charge on any atom is -0.0843 e. The molecule has 0 spiro atoms. The molecule has 0 aromatic heterocycles. The zero-order chi connectivity index (χ0) is 6.02. The minimum atomic E-state index is 0.682. The molecule has 6 atom stereocenters. The molecule has 0 amide bonds. The quantitative estimate of drug-likeness (QED) is 0.578. The number of halogens is 2. The number of hydrogen-bond acceptors (Lipinski definition) is 0. The van der Waals surface area contributed by atoms with Crippen molar-refractivity contribution in [1.29, 1.82) is 0 Å². The van der Waals surface area contributed by atoms with Crippen molar-refractivity contribution in [2.75, 3.05) is 0 Å². The van der Waals surface area contributed by atoms with Gasteiger partial charge in [-0.25, -0.2) is 0 Å². The Kier molecular flexibility index (Phi) is 0.446. The molecule has 0 aromatic rings. The summed E-state index contributed by atoms with van der Waals surface area (Å²) in [6.45, 7) is 0. The van der Waals surface area contributed by atoms with Gasteiger partial charge >= 0.3 is 0 Å². The summed E-state index contributed by atoms with van der Waals surface area (Å²) in [7, 11) is 0. The van der Waals surface area contributed by atoms with Gasteiger partial charge in [-0.1, -0.05) is 31.9 Å². The van der Waals surface area contributed by atoms with Crippen LogP contribution in [0.4, 0.5) is 0 Å². The molecule has 4 unspecified atom stereocenters. The van der Waals surface area contributed by atoms with E-state index in [0.29, 0.717) is 8.65 Å². The third kappa shape index (κ3) is 0.215. The van der Waals surface area contributed by atoms with Crippen LogP contribution in [0.5, 0.6) is 0 Å². The van der Waals surface area contributed by atoms with Gasteiger partial charge in [0.2, 0.25) is 0 Å². The Labute approximate surface area is 70.6 Å². The molecule has 5 aliphatic carbocycles. The lowest BCUT2D eigenvalue weighted by Crippen LogP contribution is -2.29. The summed E-state index contributed by atoms with van der Waals surface area (Å²) in [5.74, 6) is 4.23. The molecule has 5 aliphatic rings. The molecule has 0 aromatic carbocycles. The second-order valence-electron chi connectivity index (χ2n) is 4.06. The molecule has 0 N–H and O–H groups in total. The van der Waals surface area contributed by atoms with Gasteiger partial charge in [0.15, 0.2) is 0 Å². The van der Waals surface area contributed by atoms with E-state index in [1.54, 1.807) is 0 Å². The zero-order valence-corrected chi connectivity index (χ0v) is 7.94. The lowest BCUT2D eigenvalue weighted by atomic mass is 10.0. The first-order valence-corrected chi connectivity index (χ1v) is 5.18. The summed E-state index contributed by atoms with van der Waals surface area (Å²) < 4.78 is 1.36. The molecule has 9 heavy (non-hydrogen) atoms. The molecular weight excluding hydrogens is 244 g/mol. The minimum absolute atomic E-state index is 0.682. The lowest BCUT2D eigenvalue weighted by molar-refractivity contribution is 0.519. The van der Waals surface area contributed by atoms with Gasteiger partial charge in [0.05, 0.1) is 0 Å². The number of rotatable bonds is 0. The van der Waals surface area contributed by atoms with Crippen molar-refractivity contribution in [3.8, 4) is 0 Å². The van der Waals surface area contributed by atoms with Gasteiger partial charge in [-0.2, -0.15) is 0 Å². The maximum atomic E-state index is 3.86. The van der Waals surface area contributed by atoms with Gasteiger partial charge < -0.3 is 0 Å². The molecule has 2 heteroatoms. The lowest BCUT2D eigenvalue weighted by Gasteiger charge is -2.23. The van der Waals surface area contributed by atoms with Crippen molar-refractivity contribution >= 4 is 31.9 Å². The van der Waals surface area contributed by atoms with Crippen LogP contribution in [0.2, 0.25) is 0 Å². The predicted octanol–water partition coefficient (Wildman–Crippen LogP) is 2.16. The van der Waals surface area contributed by atoms with E-state index in [2.05, 4.69) is 31.9 Å². The molecule has 5 saturated carbocycles. The van der Waals surface area contributed by atoms with Crippen molar-refractivity contribution in [2.24, 2.45) is 23.7 Å². The third-order valence-corrected chi connectivity index (χ3v) is 7.29. The second kappa shape index (κ2) is 0.842. The van der Waals surface area contributed by atoms with E-state index in [1.165, 1.54) is 6.42 Å².